The number of benzene rings is 1. The fourth-order valence-electron chi connectivity index (χ4n) is 2.76. The zero-order chi connectivity index (χ0) is 16.9. The molecule has 0 aliphatic carbocycles. The van der Waals surface area contributed by atoms with E-state index < -0.39 is 0 Å². The van der Waals surface area contributed by atoms with Gasteiger partial charge in [0.1, 0.15) is 5.69 Å². The predicted octanol–water partition coefficient (Wildman–Crippen LogP) is 3.26. The predicted molar refractivity (Wildman–Crippen MR) is 97.0 cm³/mol. The topological polar surface area (TPSA) is 48.5 Å². The SMILES string of the molecule is CCN1CCN(C(=O)c2ccc(Nc3cccc(Cl)c3)cn2)CC1. The van der Waals surface area contributed by atoms with Crippen LogP contribution in [0.5, 0.6) is 0 Å². The van der Waals surface area contributed by atoms with Gasteiger partial charge in [0.15, 0.2) is 0 Å². The summed E-state index contributed by atoms with van der Waals surface area (Å²) in [5.41, 5.74) is 2.19. The maximum atomic E-state index is 12.5. The zero-order valence-electron chi connectivity index (χ0n) is 13.7. The lowest BCUT2D eigenvalue weighted by Crippen LogP contribution is -2.48. The Hall–Kier alpha value is -2.11. The fraction of sp³-hybridized carbons (Fsp3) is 0.333. The van der Waals surface area contributed by atoms with Gasteiger partial charge in [0.05, 0.1) is 11.9 Å². The van der Waals surface area contributed by atoms with Crippen LogP contribution in [0, 0.1) is 0 Å². The highest BCUT2D eigenvalue weighted by Gasteiger charge is 2.21. The molecule has 1 fully saturated rings. The van der Waals surface area contributed by atoms with E-state index in [9.17, 15) is 4.79 Å². The summed E-state index contributed by atoms with van der Waals surface area (Å²) in [7, 11) is 0. The summed E-state index contributed by atoms with van der Waals surface area (Å²) in [4.78, 5) is 21.0. The number of likely N-dealkylation sites (N-methyl/N-ethyl adjacent to an activating group) is 1. The first-order valence-corrected chi connectivity index (χ1v) is 8.54. The number of halogens is 1. The van der Waals surface area contributed by atoms with Crippen molar-refractivity contribution >= 4 is 28.9 Å². The molecular weight excluding hydrogens is 324 g/mol. The lowest BCUT2D eigenvalue weighted by Gasteiger charge is -2.33. The number of amides is 1. The van der Waals surface area contributed by atoms with Gasteiger partial charge in [0, 0.05) is 36.9 Å². The van der Waals surface area contributed by atoms with Crippen LogP contribution in [0.2, 0.25) is 5.02 Å². The van der Waals surface area contributed by atoms with Crippen molar-refractivity contribution in [2.24, 2.45) is 0 Å². The average molecular weight is 345 g/mol. The van der Waals surface area contributed by atoms with E-state index in [1.165, 1.54) is 0 Å². The Bertz CT molecular complexity index is 696. The minimum absolute atomic E-state index is 0.0000543. The molecule has 24 heavy (non-hydrogen) atoms. The molecule has 1 aliphatic rings. The largest absolute Gasteiger partial charge is 0.354 e. The number of nitrogens with one attached hydrogen (secondary N) is 1. The van der Waals surface area contributed by atoms with Crippen molar-refractivity contribution in [3.63, 3.8) is 0 Å². The molecule has 1 N–H and O–H groups in total. The number of nitrogens with zero attached hydrogens (tertiary/aromatic N) is 3. The van der Waals surface area contributed by atoms with Gasteiger partial charge in [0.2, 0.25) is 0 Å². The molecule has 1 aliphatic heterocycles. The number of hydrogen-bond donors (Lipinski definition) is 1. The number of carbonyl (C=O) groups excluding carboxylic acids is 1. The normalized spacial score (nSPS) is 15.3. The van der Waals surface area contributed by atoms with Gasteiger partial charge >= 0.3 is 0 Å². The second kappa shape index (κ2) is 7.64. The van der Waals surface area contributed by atoms with Gasteiger partial charge in [-0.15, -0.1) is 0 Å². The highest BCUT2D eigenvalue weighted by Crippen LogP contribution is 2.20. The summed E-state index contributed by atoms with van der Waals surface area (Å²) in [6.45, 7) is 6.55. The van der Waals surface area contributed by atoms with Crippen molar-refractivity contribution < 1.29 is 4.79 Å². The van der Waals surface area contributed by atoms with Gasteiger partial charge in [-0.1, -0.05) is 24.6 Å². The van der Waals surface area contributed by atoms with E-state index in [1.807, 2.05) is 35.2 Å². The number of pyridine rings is 1. The monoisotopic (exact) mass is 344 g/mol. The van der Waals surface area contributed by atoms with Gasteiger partial charge in [0.25, 0.3) is 5.91 Å². The number of anilines is 2. The zero-order valence-corrected chi connectivity index (χ0v) is 14.5. The molecule has 2 aromatic rings. The summed E-state index contributed by atoms with van der Waals surface area (Å²) in [6.07, 6.45) is 1.68. The van der Waals surface area contributed by atoms with Crippen molar-refractivity contribution in [1.29, 1.82) is 0 Å². The summed E-state index contributed by atoms with van der Waals surface area (Å²) >= 11 is 5.98. The first kappa shape index (κ1) is 16.7. The molecule has 0 bridgehead atoms. The van der Waals surface area contributed by atoms with E-state index >= 15 is 0 Å². The highest BCUT2D eigenvalue weighted by molar-refractivity contribution is 6.30. The summed E-state index contributed by atoms with van der Waals surface area (Å²) in [5, 5.41) is 3.90. The van der Waals surface area contributed by atoms with Crippen molar-refractivity contribution in [3.05, 3.63) is 53.3 Å². The van der Waals surface area contributed by atoms with E-state index in [-0.39, 0.29) is 5.91 Å². The average Bonchev–Trinajstić information content (AvgIpc) is 2.62. The lowest BCUT2D eigenvalue weighted by atomic mass is 10.2. The van der Waals surface area contributed by atoms with Gasteiger partial charge < -0.3 is 15.1 Å². The third kappa shape index (κ3) is 4.04. The number of hydrogen-bond acceptors (Lipinski definition) is 4. The van der Waals surface area contributed by atoms with Crippen molar-refractivity contribution in [3.8, 4) is 0 Å². The van der Waals surface area contributed by atoms with E-state index in [4.69, 9.17) is 11.6 Å². The van der Waals surface area contributed by atoms with Crippen LogP contribution >= 0.6 is 11.6 Å². The molecule has 1 saturated heterocycles. The van der Waals surface area contributed by atoms with Gasteiger partial charge in [-0.25, -0.2) is 4.98 Å². The Morgan fingerprint density at radius 1 is 1.17 bits per heavy atom. The Labute approximate surface area is 147 Å². The van der Waals surface area contributed by atoms with Crippen molar-refractivity contribution in [1.82, 2.24) is 14.8 Å². The van der Waals surface area contributed by atoms with Crippen molar-refractivity contribution in [2.45, 2.75) is 6.92 Å². The second-order valence-corrected chi connectivity index (χ2v) is 6.23. The minimum atomic E-state index is 0.0000543. The van der Waals surface area contributed by atoms with E-state index in [2.05, 4.69) is 22.1 Å². The third-order valence-electron chi connectivity index (χ3n) is 4.20. The lowest BCUT2D eigenvalue weighted by molar-refractivity contribution is 0.0637. The van der Waals surface area contributed by atoms with Crippen LogP contribution < -0.4 is 5.32 Å². The highest BCUT2D eigenvalue weighted by atomic mass is 35.5. The van der Waals surface area contributed by atoms with Crippen molar-refractivity contribution in [2.75, 3.05) is 38.0 Å². The maximum absolute atomic E-state index is 12.5. The van der Waals surface area contributed by atoms with Crippen LogP contribution in [0.25, 0.3) is 0 Å². The standard InChI is InChI=1S/C18H21ClN4O/c1-2-22-8-10-23(11-9-22)18(24)17-7-6-16(13-20-17)21-15-5-3-4-14(19)12-15/h3-7,12-13,21H,2,8-11H2,1H3. The Morgan fingerprint density at radius 2 is 1.96 bits per heavy atom. The number of piperazine rings is 1. The van der Waals surface area contributed by atoms with Crippen LogP contribution in [0.15, 0.2) is 42.6 Å². The molecular formula is C18H21ClN4O. The summed E-state index contributed by atoms with van der Waals surface area (Å²) < 4.78 is 0. The molecule has 0 unspecified atom stereocenters. The molecule has 126 valence electrons. The molecule has 6 heteroatoms. The van der Waals surface area contributed by atoms with Gasteiger partial charge in [-0.2, -0.15) is 0 Å². The second-order valence-electron chi connectivity index (χ2n) is 5.79. The van der Waals surface area contributed by atoms with Crippen LogP contribution in [-0.2, 0) is 0 Å². The number of rotatable bonds is 4. The molecule has 0 saturated carbocycles. The molecule has 0 atom stereocenters. The third-order valence-corrected chi connectivity index (χ3v) is 4.44. The quantitative estimate of drug-likeness (QED) is 0.925. The molecule has 2 heterocycles. The number of aromatic nitrogens is 1. The molecule has 1 aromatic carbocycles. The van der Waals surface area contributed by atoms with Gasteiger partial charge in [-0.3, -0.25) is 4.79 Å². The number of carbonyl (C=O) groups is 1. The molecule has 1 aromatic heterocycles. The van der Waals surface area contributed by atoms with E-state index in [0.717, 1.165) is 44.1 Å². The van der Waals surface area contributed by atoms with Crippen LogP contribution in [-0.4, -0.2) is 53.4 Å². The maximum Gasteiger partial charge on any atom is 0.272 e. The van der Waals surface area contributed by atoms with Crippen LogP contribution in [0.3, 0.4) is 0 Å². The Morgan fingerprint density at radius 3 is 2.58 bits per heavy atom. The van der Waals surface area contributed by atoms with E-state index in [1.54, 1.807) is 12.3 Å². The molecule has 0 spiro atoms. The molecule has 3 rings (SSSR count). The minimum Gasteiger partial charge on any atom is -0.354 e. The Balaban J connectivity index is 1.63. The van der Waals surface area contributed by atoms with Crippen LogP contribution in [0.1, 0.15) is 17.4 Å². The van der Waals surface area contributed by atoms with Gasteiger partial charge in [-0.05, 0) is 36.9 Å². The molecule has 0 radical (unpaired) electrons. The molecule has 5 nitrogen and oxygen atoms in total. The summed E-state index contributed by atoms with van der Waals surface area (Å²) in [5.74, 6) is 0.0000543. The summed E-state index contributed by atoms with van der Waals surface area (Å²) in [6, 6.07) is 11.1. The van der Waals surface area contributed by atoms with E-state index in [0.29, 0.717) is 10.7 Å². The smallest absolute Gasteiger partial charge is 0.272 e. The molecule has 1 amide bonds. The Kier molecular flexibility index (Phi) is 5.33. The first-order valence-electron chi connectivity index (χ1n) is 8.16. The van der Waals surface area contributed by atoms with Crippen LogP contribution in [0.4, 0.5) is 11.4 Å². The first-order chi connectivity index (χ1) is 11.7. The fourth-order valence-corrected chi connectivity index (χ4v) is 2.95.